The molecule has 1 aromatic rings. The summed E-state index contributed by atoms with van der Waals surface area (Å²) in [5, 5.41) is 10.5. The monoisotopic (exact) mass is 276 g/mol. The molecule has 1 saturated heterocycles. The lowest BCUT2D eigenvalue weighted by Gasteiger charge is -2.38. The number of hydrogen-bond acceptors (Lipinski definition) is 5. The second-order valence-electron chi connectivity index (χ2n) is 6.19. The second-order valence-corrected chi connectivity index (χ2v) is 6.19. The molecule has 0 amide bonds. The molecular weight excluding hydrogens is 252 g/mol. The maximum absolute atomic E-state index is 10.5. The highest BCUT2D eigenvalue weighted by Gasteiger charge is 2.34. The van der Waals surface area contributed by atoms with Crippen molar-refractivity contribution in [2.45, 2.75) is 38.2 Å². The quantitative estimate of drug-likeness (QED) is 0.899. The maximum Gasteiger partial charge on any atom is 0.225 e. The van der Waals surface area contributed by atoms with Crippen LogP contribution in [-0.4, -0.2) is 58.3 Å². The van der Waals surface area contributed by atoms with Crippen LogP contribution in [0.5, 0.6) is 0 Å². The molecule has 5 nitrogen and oxygen atoms in total. The minimum Gasteiger partial charge on any atom is -0.389 e. The van der Waals surface area contributed by atoms with E-state index in [9.17, 15) is 5.11 Å². The molecule has 0 aromatic carbocycles. The number of aromatic nitrogens is 2. The molecule has 0 bridgehead atoms. The fourth-order valence-corrected chi connectivity index (χ4v) is 3.30. The van der Waals surface area contributed by atoms with E-state index in [4.69, 9.17) is 0 Å². The van der Waals surface area contributed by atoms with Crippen molar-refractivity contribution in [2.24, 2.45) is 0 Å². The topological polar surface area (TPSA) is 52.5 Å². The van der Waals surface area contributed by atoms with Crippen molar-refractivity contribution in [2.75, 3.05) is 37.6 Å². The second kappa shape index (κ2) is 5.66. The predicted octanol–water partition coefficient (Wildman–Crippen LogP) is 1.21. The van der Waals surface area contributed by atoms with Gasteiger partial charge in [0.1, 0.15) is 0 Å². The molecule has 110 valence electrons. The molecule has 2 aliphatic rings. The first-order valence-corrected chi connectivity index (χ1v) is 7.64. The van der Waals surface area contributed by atoms with Crippen molar-refractivity contribution in [1.29, 1.82) is 0 Å². The summed E-state index contributed by atoms with van der Waals surface area (Å²) in [5.74, 6) is 0.837. The summed E-state index contributed by atoms with van der Waals surface area (Å²) in [4.78, 5) is 13.5. The van der Waals surface area contributed by atoms with E-state index in [0.717, 1.165) is 57.2 Å². The van der Waals surface area contributed by atoms with Crippen LogP contribution in [0.4, 0.5) is 5.95 Å². The zero-order valence-corrected chi connectivity index (χ0v) is 12.3. The number of rotatable bonds is 3. The fourth-order valence-electron chi connectivity index (χ4n) is 3.30. The van der Waals surface area contributed by atoms with Gasteiger partial charge in [0.2, 0.25) is 5.95 Å². The highest BCUT2D eigenvalue weighted by atomic mass is 16.3. The van der Waals surface area contributed by atoms with E-state index in [1.165, 1.54) is 12.8 Å². The van der Waals surface area contributed by atoms with Gasteiger partial charge in [-0.15, -0.1) is 0 Å². The number of hydrogen-bond donors (Lipinski definition) is 1. The molecule has 1 saturated carbocycles. The Morgan fingerprint density at radius 1 is 1.20 bits per heavy atom. The lowest BCUT2D eigenvalue weighted by Crippen LogP contribution is -2.51. The van der Waals surface area contributed by atoms with Gasteiger partial charge in [0, 0.05) is 44.6 Å². The van der Waals surface area contributed by atoms with Gasteiger partial charge in [-0.25, -0.2) is 9.97 Å². The summed E-state index contributed by atoms with van der Waals surface area (Å²) < 4.78 is 0. The molecule has 0 spiro atoms. The van der Waals surface area contributed by atoms with Gasteiger partial charge in [-0.1, -0.05) is 12.8 Å². The molecule has 2 fully saturated rings. The Balaban J connectivity index is 1.54. The van der Waals surface area contributed by atoms with Crippen molar-refractivity contribution < 1.29 is 5.11 Å². The largest absolute Gasteiger partial charge is 0.389 e. The highest BCUT2D eigenvalue weighted by Crippen LogP contribution is 2.30. The Bertz CT molecular complexity index is 451. The Kier molecular flexibility index (Phi) is 3.89. The van der Waals surface area contributed by atoms with Gasteiger partial charge in [-0.05, 0) is 25.8 Å². The van der Waals surface area contributed by atoms with E-state index in [2.05, 4.69) is 19.8 Å². The Hall–Kier alpha value is -1.20. The van der Waals surface area contributed by atoms with Crippen molar-refractivity contribution in [1.82, 2.24) is 14.9 Å². The molecule has 2 heterocycles. The molecule has 1 aliphatic carbocycles. The minimum absolute atomic E-state index is 0.429. The van der Waals surface area contributed by atoms with Crippen LogP contribution in [0.3, 0.4) is 0 Å². The van der Waals surface area contributed by atoms with Crippen LogP contribution < -0.4 is 4.90 Å². The Morgan fingerprint density at radius 3 is 2.55 bits per heavy atom. The molecule has 5 heteroatoms. The Morgan fingerprint density at radius 2 is 1.90 bits per heavy atom. The van der Waals surface area contributed by atoms with Gasteiger partial charge >= 0.3 is 0 Å². The lowest BCUT2D eigenvalue weighted by molar-refractivity contribution is 0.00796. The smallest absolute Gasteiger partial charge is 0.225 e. The van der Waals surface area contributed by atoms with Crippen LogP contribution in [0, 0.1) is 6.92 Å². The third-order valence-electron chi connectivity index (χ3n) is 4.49. The summed E-state index contributed by atoms with van der Waals surface area (Å²) in [6.45, 7) is 6.69. The standard InChI is InChI=1S/C15H24N4O/c1-13-4-7-16-14(17-13)19-10-8-18(9-11-19)12-15(20)5-2-3-6-15/h4,7,20H,2-3,5-6,8-12H2,1H3. The number of β-amino-alcohol motifs (C(OH)–C–C–N with tert-alkyl or cyclic N) is 1. The molecule has 1 aromatic heterocycles. The van der Waals surface area contributed by atoms with Crippen LogP contribution in [0.15, 0.2) is 12.3 Å². The number of piperazine rings is 1. The SMILES string of the molecule is Cc1ccnc(N2CCN(CC3(O)CCCC3)CC2)n1. The van der Waals surface area contributed by atoms with Gasteiger partial charge in [0.15, 0.2) is 0 Å². The molecule has 0 unspecified atom stereocenters. The van der Waals surface area contributed by atoms with Crippen LogP contribution in [-0.2, 0) is 0 Å². The predicted molar refractivity (Wildman–Crippen MR) is 78.8 cm³/mol. The van der Waals surface area contributed by atoms with Crippen molar-refractivity contribution in [3.8, 4) is 0 Å². The summed E-state index contributed by atoms with van der Waals surface area (Å²) in [6, 6.07) is 1.93. The summed E-state index contributed by atoms with van der Waals surface area (Å²) in [7, 11) is 0. The first kappa shape index (κ1) is 13.8. The molecule has 1 aliphatic heterocycles. The van der Waals surface area contributed by atoms with Crippen molar-refractivity contribution in [3.05, 3.63) is 18.0 Å². The van der Waals surface area contributed by atoms with Crippen LogP contribution >= 0.6 is 0 Å². The summed E-state index contributed by atoms with van der Waals surface area (Å²) in [5.41, 5.74) is 0.583. The summed E-state index contributed by atoms with van der Waals surface area (Å²) >= 11 is 0. The third-order valence-corrected chi connectivity index (χ3v) is 4.49. The molecule has 3 rings (SSSR count). The van der Waals surface area contributed by atoms with Crippen LogP contribution in [0.1, 0.15) is 31.4 Å². The van der Waals surface area contributed by atoms with Gasteiger partial charge in [-0.3, -0.25) is 4.90 Å². The van der Waals surface area contributed by atoms with E-state index in [1.54, 1.807) is 0 Å². The van der Waals surface area contributed by atoms with Crippen LogP contribution in [0.25, 0.3) is 0 Å². The number of aliphatic hydroxyl groups is 1. The van der Waals surface area contributed by atoms with Crippen molar-refractivity contribution in [3.63, 3.8) is 0 Å². The number of nitrogens with zero attached hydrogens (tertiary/aromatic N) is 4. The zero-order chi connectivity index (χ0) is 14.0. The van der Waals surface area contributed by atoms with E-state index in [1.807, 2.05) is 19.2 Å². The number of aryl methyl sites for hydroxylation is 1. The molecule has 0 atom stereocenters. The number of anilines is 1. The van der Waals surface area contributed by atoms with Gasteiger partial charge in [0.25, 0.3) is 0 Å². The van der Waals surface area contributed by atoms with E-state index < -0.39 is 5.60 Å². The maximum atomic E-state index is 10.5. The van der Waals surface area contributed by atoms with Gasteiger partial charge in [-0.2, -0.15) is 0 Å². The third kappa shape index (κ3) is 3.10. The van der Waals surface area contributed by atoms with E-state index in [-0.39, 0.29) is 0 Å². The molecule has 1 N–H and O–H groups in total. The molecule has 20 heavy (non-hydrogen) atoms. The first-order valence-electron chi connectivity index (χ1n) is 7.64. The lowest BCUT2D eigenvalue weighted by atomic mass is 10.0. The minimum atomic E-state index is -0.429. The van der Waals surface area contributed by atoms with Crippen molar-refractivity contribution >= 4 is 5.95 Å². The van der Waals surface area contributed by atoms with Crippen LogP contribution in [0.2, 0.25) is 0 Å². The fraction of sp³-hybridized carbons (Fsp3) is 0.733. The van der Waals surface area contributed by atoms with E-state index >= 15 is 0 Å². The van der Waals surface area contributed by atoms with Gasteiger partial charge in [0.05, 0.1) is 5.60 Å². The molecule has 0 radical (unpaired) electrons. The molecular formula is C15H24N4O. The average Bonchev–Trinajstić information content (AvgIpc) is 2.86. The van der Waals surface area contributed by atoms with Gasteiger partial charge < -0.3 is 10.0 Å². The zero-order valence-electron chi connectivity index (χ0n) is 12.3. The summed E-state index contributed by atoms with van der Waals surface area (Å²) in [6.07, 6.45) is 6.11. The first-order chi connectivity index (χ1) is 9.65. The average molecular weight is 276 g/mol. The Labute approximate surface area is 120 Å². The van der Waals surface area contributed by atoms with E-state index in [0.29, 0.717) is 0 Å². The normalized spacial score (nSPS) is 23.2. The highest BCUT2D eigenvalue weighted by molar-refractivity contribution is 5.30.